The van der Waals surface area contributed by atoms with Gasteiger partial charge in [-0.1, -0.05) is 6.92 Å². The first-order chi connectivity index (χ1) is 15.0. The molecule has 5 rings (SSSR count). The molecule has 0 amide bonds. The Labute approximate surface area is 178 Å². The number of pyridine rings is 2. The van der Waals surface area contributed by atoms with Gasteiger partial charge in [0.25, 0.3) is 0 Å². The van der Waals surface area contributed by atoms with E-state index in [1.165, 1.54) is 23.9 Å². The molecular formula is C24H23FN4O2. The zero-order chi connectivity index (χ0) is 21.5. The minimum absolute atomic E-state index is 0.0110. The van der Waals surface area contributed by atoms with Crippen LogP contribution < -0.4 is 0 Å². The number of carbonyl (C=O) groups is 1. The number of nitrogens with zero attached hydrogens (tertiary/aromatic N) is 3. The first kappa shape index (κ1) is 19.6. The molecule has 1 atom stereocenters. The van der Waals surface area contributed by atoms with Crippen molar-refractivity contribution in [1.82, 2.24) is 19.9 Å². The lowest BCUT2D eigenvalue weighted by Crippen LogP contribution is -2.19. The molecule has 31 heavy (non-hydrogen) atoms. The van der Waals surface area contributed by atoms with Crippen LogP contribution in [0, 0.1) is 11.7 Å². The highest BCUT2D eigenvalue weighted by molar-refractivity contribution is 5.89. The third-order valence-corrected chi connectivity index (χ3v) is 6.69. The van der Waals surface area contributed by atoms with E-state index in [1.54, 1.807) is 12.1 Å². The number of aromatic amines is 1. The molecule has 3 aromatic heterocycles. The number of hydrogen-bond acceptors (Lipinski definition) is 4. The fraction of sp³-hybridized carbons (Fsp3) is 0.333. The van der Waals surface area contributed by atoms with Crippen LogP contribution in [0.2, 0.25) is 0 Å². The fourth-order valence-electron chi connectivity index (χ4n) is 4.91. The van der Waals surface area contributed by atoms with Crippen molar-refractivity contribution in [2.75, 3.05) is 0 Å². The molecule has 4 aromatic rings. The summed E-state index contributed by atoms with van der Waals surface area (Å²) >= 11 is 0. The second-order valence-electron chi connectivity index (χ2n) is 8.48. The summed E-state index contributed by atoms with van der Waals surface area (Å²) in [5.41, 5.74) is 3.42. The monoisotopic (exact) mass is 418 g/mol. The maximum Gasteiger partial charge on any atom is 0.354 e. The predicted molar refractivity (Wildman–Crippen MR) is 116 cm³/mol. The van der Waals surface area contributed by atoms with Crippen molar-refractivity contribution in [3.63, 3.8) is 0 Å². The zero-order valence-corrected chi connectivity index (χ0v) is 17.2. The van der Waals surface area contributed by atoms with Crippen LogP contribution in [-0.2, 0) is 0 Å². The van der Waals surface area contributed by atoms with Gasteiger partial charge in [0.2, 0.25) is 0 Å². The van der Waals surface area contributed by atoms with E-state index in [1.807, 2.05) is 12.3 Å². The van der Waals surface area contributed by atoms with Gasteiger partial charge in [-0.15, -0.1) is 0 Å². The summed E-state index contributed by atoms with van der Waals surface area (Å²) in [6, 6.07) is 8.36. The molecule has 0 spiro atoms. The first-order valence-electron chi connectivity index (χ1n) is 10.6. The van der Waals surface area contributed by atoms with Crippen molar-refractivity contribution >= 4 is 27.9 Å². The van der Waals surface area contributed by atoms with Crippen molar-refractivity contribution in [3.8, 4) is 0 Å². The van der Waals surface area contributed by atoms with Crippen molar-refractivity contribution in [2.24, 2.45) is 5.92 Å². The van der Waals surface area contributed by atoms with E-state index < -0.39 is 5.97 Å². The highest BCUT2D eigenvalue weighted by atomic mass is 19.1. The summed E-state index contributed by atoms with van der Waals surface area (Å²) in [5, 5.41) is 10.1. The number of benzene rings is 1. The number of carboxylic acid groups (broad SMARTS) is 1. The minimum atomic E-state index is -1.05. The first-order valence-corrected chi connectivity index (χ1v) is 10.6. The van der Waals surface area contributed by atoms with E-state index in [-0.39, 0.29) is 17.4 Å². The molecule has 7 heteroatoms. The Hall–Kier alpha value is -3.35. The number of imidazole rings is 1. The molecule has 0 saturated heterocycles. The normalized spacial score (nSPS) is 20.2. The Bertz CT molecular complexity index is 1280. The Balaban J connectivity index is 1.33. The van der Waals surface area contributed by atoms with E-state index in [0.29, 0.717) is 22.9 Å². The average molecular weight is 418 g/mol. The quantitative estimate of drug-likeness (QED) is 0.462. The standard InChI is InChI=1S/C24H23FN4O2/c1-13(23-28-20-11-21(24(30)31)27-12-22(20)29-23)14-2-4-15(5-3-14)17-8-9-26-19-7-6-16(25)10-18(17)19/h6-15H,2-5H2,1H3,(H,28,29)(H,30,31)/t13?,14-,15+. The third-order valence-electron chi connectivity index (χ3n) is 6.69. The van der Waals surface area contributed by atoms with Crippen LogP contribution in [0.1, 0.15) is 66.3 Å². The summed E-state index contributed by atoms with van der Waals surface area (Å²) in [6.07, 6.45) is 7.51. The molecule has 1 fully saturated rings. The van der Waals surface area contributed by atoms with Crippen LogP contribution in [0.5, 0.6) is 0 Å². The number of rotatable bonds is 4. The SMILES string of the molecule is CC(c1nc2cnc(C(=O)O)cc2[nH]1)[C@H]1CC[C@@H](c2ccnc3ccc(F)cc32)CC1. The number of nitrogens with one attached hydrogen (secondary N) is 1. The van der Waals surface area contributed by atoms with Crippen molar-refractivity contribution in [1.29, 1.82) is 0 Å². The van der Waals surface area contributed by atoms with Crippen LogP contribution in [0.4, 0.5) is 4.39 Å². The van der Waals surface area contributed by atoms with Gasteiger partial charge in [-0.05, 0) is 73.4 Å². The average Bonchev–Trinajstić information content (AvgIpc) is 3.21. The summed E-state index contributed by atoms with van der Waals surface area (Å²) in [7, 11) is 0. The smallest absolute Gasteiger partial charge is 0.354 e. The number of halogens is 1. The number of H-pyrrole nitrogens is 1. The fourth-order valence-corrected chi connectivity index (χ4v) is 4.91. The Morgan fingerprint density at radius 2 is 1.94 bits per heavy atom. The maximum atomic E-state index is 13.8. The molecular weight excluding hydrogens is 395 g/mol. The van der Waals surface area contributed by atoms with Crippen LogP contribution in [0.3, 0.4) is 0 Å². The molecule has 0 radical (unpaired) electrons. The third kappa shape index (κ3) is 3.65. The lowest BCUT2D eigenvalue weighted by Gasteiger charge is -2.32. The highest BCUT2D eigenvalue weighted by Gasteiger charge is 2.29. The van der Waals surface area contributed by atoms with E-state index in [9.17, 15) is 9.18 Å². The number of carboxylic acids is 1. The number of hydrogen-bond donors (Lipinski definition) is 2. The van der Waals surface area contributed by atoms with Gasteiger partial charge in [0, 0.05) is 17.5 Å². The van der Waals surface area contributed by atoms with Gasteiger partial charge in [-0.3, -0.25) is 4.98 Å². The zero-order valence-electron chi connectivity index (χ0n) is 17.2. The molecule has 0 bridgehead atoms. The molecule has 1 aliphatic rings. The molecule has 1 unspecified atom stereocenters. The van der Waals surface area contributed by atoms with Crippen LogP contribution in [0.15, 0.2) is 42.7 Å². The van der Waals surface area contributed by atoms with Gasteiger partial charge in [0.1, 0.15) is 22.9 Å². The molecule has 0 aliphatic heterocycles. The summed E-state index contributed by atoms with van der Waals surface area (Å²) in [4.78, 5) is 27.4. The van der Waals surface area contributed by atoms with E-state index in [4.69, 9.17) is 5.11 Å². The predicted octanol–water partition coefficient (Wildman–Crippen LogP) is 5.42. The Morgan fingerprint density at radius 3 is 2.71 bits per heavy atom. The van der Waals surface area contributed by atoms with Gasteiger partial charge >= 0.3 is 5.97 Å². The molecule has 1 aliphatic carbocycles. The topological polar surface area (TPSA) is 91.8 Å². The molecule has 158 valence electrons. The number of fused-ring (bicyclic) bond motifs is 2. The second-order valence-corrected chi connectivity index (χ2v) is 8.48. The van der Waals surface area contributed by atoms with E-state index in [0.717, 1.165) is 42.4 Å². The number of aromatic carboxylic acids is 1. The van der Waals surface area contributed by atoms with Crippen LogP contribution in [0.25, 0.3) is 21.9 Å². The Kier molecular flexibility index (Phi) is 4.88. The highest BCUT2D eigenvalue weighted by Crippen LogP contribution is 2.42. The maximum absolute atomic E-state index is 13.8. The summed E-state index contributed by atoms with van der Waals surface area (Å²) < 4.78 is 13.8. The van der Waals surface area contributed by atoms with Gasteiger partial charge < -0.3 is 10.1 Å². The van der Waals surface area contributed by atoms with Crippen LogP contribution >= 0.6 is 0 Å². The summed E-state index contributed by atoms with van der Waals surface area (Å²) in [6.45, 7) is 2.17. The molecule has 2 N–H and O–H groups in total. The Morgan fingerprint density at radius 1 is 1.13 bits per heavy atom. The van der Waals surface area contributed by atoms with Crippen molar-refractivity contribution in [2.45, 2.75) is 44.4 Å². The van der Waals surface area contributed by atoms with Crippen molar-refractivity contribution < 1.29 is 14.3 Å². The van der Waals surface area contributed by atoms with Crippen molar-refractivity contribution in [3.05, 3.63) is 65.6 Å². The molecule has 6 nitrogen and oxygen atoms in total. The number of aromatic nitrogens is 4. The lowest BCUT2D eigenvalue weighted by atomic mass is 9.73. The van der Waals surface area contributed by atoms with Gasteiger partial charge in [0.15, 0.2) is 0 Å². The molecule has 1 aromatic carbocycles. The second kappa shape index (κ2) is 7.72. The van der Waals surface area contributed by atoms with Gasteiger partial charge in [-0.25, -0.2) is 19.2 Å². The van der Waals surface area contributed by atoms with Gasteiger partial charge in [0.05, 0.1) is 17.2 Å². The molecule has 1 saturated carbocycles. The van der Waals surface area contributed by atoms with Gasteiger partial charge in [-0.2, -0.15) is 0 Å². The minimum Gasteiger partial charge on any atom is -0.477 e. The van der Waals surface area contributed by atoms with E-state index in [2.05, 4.69) is 26.9 Å². The van der Waals surface area contributed by atoms with Crippen LogP contribution in [-0.4, -0.2) is 31.0 Å². The largest absolute Gasteiger partial charge is 0.477 e. The lowest BCUT2D eigenvalue weighted by molar-refractivity contribution is 0.0690. The molecule has 3 heterocycles. The van der Waals surface area contributed by atoms with E-state index >= 15 is 0 Å². The summed E-state index contributed by atoms with van der Waals surface area (Å²) in [5.74, 6) is 0.706.